The van der Waals surface area contributed by atoms with Gasteiger partial charge in [-0.1, -0.05) is 18.9 Å². The molecule has 2 fully saturated rings. The van der Waals surface area contributed by atoms with Crippen molar-refractivity contribution in [1.82, 2.24) is 4.31 Å². The lowest BCUT2D eigenvalue weighted by Gasteiger charge is -2.28. The number of nitro groups is 1. The molecule has 120 valence electrons. The van der Waals surface area contributed by atoms with Crippen molar-refractivity contribution in [3.8, 4) is 0 Å². The number of nitro benzene ring substituents is 1. The summed E-state index contributed by atoms with van der Waals surface area (Å²) in [5.74, 6) is 0. The van der Waals surface area contributed by atoms with Crippen molar-refractivity contribution < 1.29 is 13.3 Å². The SMILES string of the molecule is Cc1ccc(S(=O)(=O)N(C2CCCC2)C2CC2)cc1[N+](=O)[O-]. The second-order valence-corrected chi connectivity index (χ2v) is 8.05. The monoisotopic (exact) mass is 324 g/mol. The Balaban J connectivity index is 2.00. The Morgan fingerprint density at radius 2 is 1.73 bits per heavy atom. The zero-order chi connectivity index (χ0) is 15.9. The lowest BCUT2D eigenvalue weighted by atomic mass is 10.2. The molecular formula is C15H20N2O4S. The molecule has 7 heteroatoms. The molecule has 0 atom stereocenters. The normalized spacial score (nSPS) is 19.7. The number of nitrogens with zero attached hydrogens (tertiary/aromatic N) is 2. The first kappa shape index (κ1) is 15.4. The molecule has 0 aromatic heterocycles. The zero-order valence-electron chi connectivity index (χ0n) is 12.6. The van der Waals surface area contributed by atoms with Crippen molar-refractivity contribution in [2.75, 3.05) is 0 Å². The number of benzene rings is 1. The van der Waals surface area contributed by atoms with Gasteiger partial charge >= 0.3 is 0 Å². The van der Waals surface area contributed by atoms with Crippen molar-refractivity contribution in [3.05, 3.63) is 33.9 Å². The first-order valence-corrected chi connectivity index (χ1v) is 9.14. The summed E-state index contributed by atoms with van der Waals surface area (Å²) in [6.45, 7) is 1.62. The van der Waals surface area contributed by atoms with E-state index in [0.29, 0.717) is 5.56 Å². The van der Waals surface area contributed by atoms with Gasteiger partial charge in [-0.3, -0.25) is 10.1 Å². The average molecular weight is 324 g/mol. The Bertz CT molecular complexity index is 691. The topological polar surface area (TPSA) is 80.5 Å². The molecule has 22 heavy (non-hydrogen) atoms. The Labute approximate surface area is 130 Å². The second kappa shape index (κ2) is 5.62. The molecule has 2 aliphatic rings. The number of hydrogen-bond donors (Lipinski definition) is 0. The maximum absolute atomic E-state index is 13.0. The van der Waals surface area contributed by atoms with E-state index in [-0.39, 0.29) is 22.7 Å². The highest BCUT2D eigenvalue weighted by Crippen LogP contribution is 2.39. The summed E-state index contributed by atoms with van der Waals surface area (Å²) in [6, 6.07) is 4.34. The minimum atomic E-state index is -3.67. The quantitative estimate of drug-likeness (QED) is 0.616. The van der Waals surface area contributed by atoms with Gasteiger partial charge in [-0.05, 0) is 38.7 Å². The maximum atomic E-state index is 13.0. The fraction of sp³-hybridized carbons (Fsp3) is 0.600. The summed E-state index contributed by atoms with van der Waals surface area (Å²) in [5.41, 5.74) is 0.339. The third-order valence-corrected chi connectivity index (χ3v) is 6.55. The van der Waals surface area contributed by atoms with Gasteiger partial charge in [0.15, 0.2) is 0 Å². The molecule has 0 aliphatic heterocycles. The number of hydrogen-bond acceptors (Lipinski definition) is 4. The van der Waals surface area contributed by atoms with Crippen LogP contribution in [0.15, 0.2) is 23.1 Å². The molecular weight excluding hydrogens is 304 g/mol. The number of aryl methyl sites for hydroxylation is 1. The van der Waals surface area contributed by atoms with E-state index in [1.54, 1.807) is 11.2 Å². The van der Waals surface area contributed by atoms with Gasteiger partial charge in [-0.15, -0.1) is 0 Å². The molecule has 0 spiro atoms. The fourth-order valence-electron chi connectivity index (χ4n) is 3.25. The smallest absolute Gasteiger partial charge is 0.258 e. The van der Waals surface area contributed by atoms with Gasteiger partial charge in [0.25, 0.3) is 5.69 Å². The Hall–Kier alpha value is -1.47. The second-order valence-electron chi connectivity index (χ2n) is 6.21. The molecule has 0 heterocycles. The summed E-state index contributed by atoms with van der Waals surface area (Å²) < 4.78 is 27.6. The van der Waals surface area contributed by atoms with E-state index in [9.17, 15) is 18.5 Å². The van der Waals surface area contributed by atoms with Gasteiger partial charge < -0.3 is 0 Å². The summed E-state index contributed by atoms with van der Waals surface area (Å²) in [4.78, 5) is 10.6. The zero-order valence-corrected chi connectivity index (χ0v) is 13.4. The van der Waals surface area contributed by atoms with Crippen molar-refractivity contribution in [1.29, 1.82) is 0 Å². The van der Waals surface area contributed by atoms with Gasteiger partial charge in [0, 0.05) is 23.7 Å². The van der Waals surface area contributed by atoms with Gasteiger partial charge in [-0.25, -0.2) is 8.42 Å². The van der Waals surface area contributed by atoms with Crippen LogP contribution in [-0.2, 0) is 10.0 Å². The van der Waals surface area contributed by atoms with Gasteiger partial charge in [-0.2, -0.15) is 4.31 Å². The van der Waals surface area contributed by atoms with Crippen molar-refractivity contribution in [2.24, 2.45) is 0 Å². The van der Waals surface area contributed by atoms with Crippen LogP contribution >= 0.6 is 0 Å². The average Bonchev–Trinajstić information content (AvgIpc) is 3.12. The maximum Gasteiger partial charge on any atom is 0.273 e. The van der Waals surface area contributed by atoms with Crippen molar-refractivity contribution in [2.45, 2.75) is 62.4 Å². The molecule has 0 radical (unpaired) electrons. The third-order valence-electron chi connectivity index (χ3n) is 4.54. The van der Waals surface area contributed by atoms with Crippen LogP contribution in [0.2, 0.25) is 0 Å². The molecule has 0 bridgehead atoms. The predicted molar refractivity (Wildman–Crippen MR) is 82.1 cm³/mol. The molecule has 6 nitrogen and oxygen atoms in total. The van der Waals surface area contributed by atoms with Crippen molar-refractivity contribution >= 4 is 15.7 Å². The van der Waals surface area contributed by atoms with Crippen LogP contribution in [0.25, 0.3) is 0 Å². The van der Waals surface area contributed by atoms with Crippen LogP contribution in [0.1, 0.15) is 44.1 Å². The van der Waals surface area contributed by atoms with Crippen LogP contribution in [0.5, 0.6) is 0 Å². The van der Waals surface area contributed by atoms with Gasteiger partial charge in [0.2, 0.25) is 10.0 Å². The van der Waals surface area contributed by atoms with E-state index in [1.165, 1.54) is 18.2 Å². The van der Waals surface area contributed by atoms with Crippen LogP contribution in [-0.4, -0.2) is 29.7 Å². The summed E-state index contributed by atoms with van der Waals surface area (Å²) >= 11 is 0. The number of sulfonamides is 1. The van der Waals surface area contributed by atoms with Crippen LogP contribution in [0, 0.1) is 17.0 Å². The fourth-order valence-corrected chi connectivity index (χ4v) is 5.20. The van der Waals surface area contributed by atoms with Crippen LogP contribution in [0.4, 0.5) is 5.69 Å². The summed E-state index contributed by atoms with van der Waals surface area (Å²) in [6.07, 6.45) is 5.68. The first-order chi connectivity index (χ1) is 10.4. The number of rotatable bonds is 5. The summed E-state index contributed by atoms with van der Waals surface area (Å²) in [7, 11) is -3.67. The Morgan fingerprint density at radius 3 is 2.27 bits per heavy atom. The third kappa shape index (κ3) is 2.75. The molecule has 1 aromatic carbocycles. The molecule has 3 rings (SSSR count). The minimum Gasteiger partial charge on any atom is -0.258 e. The van der Waals surface area contributed by atoms with E-state index in [1.807, 2.05) is 0 Å². The van der Waals surface area contributed by atoms with Crippen LogP contribution < -0.4 is 0 Å². The molecule has 0 saturated heterocycles. The van der Waals surface area contributed by atoms with Crippen molar-refractivity contribution in [3.63, 3.8) is 0 Å². The summed E-state index contributed by atoms with van der Waals surface area (Å²) in [5, 5.41) is 11.1. The molecule has 1 aromatic rings. The molecule has 2 aliphatic carbocycles. The standard InChI is InChI=1S/C15H20N2O4S/c1-11-6-9-14(10-15(11)17(18)19)22(20,21)16(13-7-8-13)12-4-2-3-5-12/h6,9-10,12-13H,2-5,7-8H2,1H3. The molecule has 0 N–H and O–H groups in total. The van der Waals surface area contributed by atoms with Gasteiger partial charge in [0.1, 0.15) is 0 Å². The first-order valence-electron chi connectivity index (χ1n) is 7.70. The predicted octanol–water partition coefficient (Wildman–Crippen LogP) is 3.00. The molecule has 0 amide bonds. The minimum absolute atomic E-state index is 0.0450. The molecule has 2 saturated carbocycles. The largest absolute Gasteiger partial charge is 0.273 e. The van der Waals surface area contributed by atoms with E-state index in [2.05, 4.69) is 0 Å². The lowest BCUT2D eigenvalue weighted by Crippen LogP contribution is -2.40. The lowest BCUT2D eigenvalue weighted by molar-refractivity contribution is -0.385. The highest BCUT2D eigenvalue weighted by Gasteiger charge is 2.43. The van der Waals surface area contributed by atoms with E-state index in [4.69, 9.17) is 0 Å². The van der Waals surface area contributed by atoms with Crippen LogP contribution in [0.3, 0.4) is 0 Å². The highest BCUT2D eigenvalue weighted by molar-refractivity contribution is 7.89. The Kier molecular flexibility index (Phi) is 3.94. The Morgan fingerprint density at radius 1 is 1.14 bits per heavy atom. The molecule has 0 unspecified atom stereocenters. The van der Waals surface area contributed by atoms with E-state index < -0.39 is 14.9 Å². The van der Waals surface area contributed by atoms with E-state index >= 15 is 0 Å². The van der Waals surface area contributed by atoms with Gasteiger partial charge in [0.05, 0.1) is 9.82 Å². The highest BCUT2D eigenvalue weighted by atomic mass is 32.2. The van der Waals surface area contributed by atoms with E-state index in [0.717, 1.165) is 38.5 Å².